The Morgan fingerprint density at radius 2 is 1.81 bits per heavy atom. The molecule has 2 aromatic rings. The van der Waals surface area contributed by atoms with Gasteiger partial charge in [-0.2, -0.15) is 4.31 Å². The van der Waals surface area contributed by atoms with E-state index in [2.05, 4.69) is 0 Å². The van der Waals surface area contributed by atoms with Gasteiger partial charge in [0.1, 0.15) is 0 Å². The number of hydrogen-bond donors (Lipinski definition) is 0. The molecule has 5 nitrogen and oxygen atoms in total. The van der Waals surface area contributed by atoms with Gasteiger partial charge in [0.2, 0.25) is 10.0 Å². The van der Waals surface area contributed by atoms with Crippen LogP contribution in [0.1, 0.15) is 35.3 Å². The van der Waals surface area contributed by atoms with Crippen molar-refractivity contribution in [3.8, 4) is 0 Å². The van der Waals surface area contributed by atoms with Gasteiger partial charge in [-0.1, -0.05) is 38.1 Å². The molecule has 0 aromatic heterocycles. The summed E-state index contributed by atoms with van der Waals surface area (Å²) in [5.41, 5.74) is 3.27. The van der Waals surface area contributed by atoms with Crippen molar-refractivity contribution in [3.63, 3.8) is 0 Å². The Hall–Kier alpha value is -2.18. The molecule has 2 aromatic carbocycles. The van der Waals surface area contributed by atoms with Gasteiger partial charge in [0.25, 0.3) is 5.91 Å². The van der Waals surface area contributed by atoms with Gasteiger partial charge >= 0.3 is 0 Å². The van der Waals surface area contributed by atoms with Gasteiger partial charge in [-0.25, -0.2) is 8.42 Å². The van der Waals surface area contributed by atoms with Crippen molar-refractivity contribution in [1.29, 1.82) is 0 Å². The number of carbonyl (C=O) groups is 1. The molecule has 0 atom stereocenters. The summed E-state index contributed by atoms with van der Waals surface area (Å²) >= 11 is 0. The molecule has 0 N–H and O–H groups in total. The number of fused-ring (bicyclic) bond motifs is 1. The predicted octanol–water partition coefficient (Wildman–Crippen LogP) is 3.23. The summed E-state index contributed by atoms with van der Waals surface area (Å²) in [6.45, 7) is 6.86. The summed E-state index contributed by atoms with van der Waals surface area (Å²) in [5.74, 6) is -0.149. The highest BCUT2D eigenvalue weighted by Crippen LogP contribution is 2.30. The SMILES string of the molecule is CCN(CC)S(=O)(=O)c1ccc(C)c(C(=O)N2CCc3ccccc32)c1. The van der Waals surface area contributed by atoms with E-state index in [9.17, 15) is 13.2 Å². The minimum absolute atomic E-state index is 0.149. The third-order valence-electron chi connectivity index (χ3n) is 4.91. The maximum atomic E-state index is 13.1. The largest absolute Gasteiger partial charge is 0.308 e. The minimum Gasteiger partial charge on any atom is -0.308 e. The standard InChI is InChI=1S/C20H24N2O3S/c1-4-21(5-2)26(24,25)17-11-10-15(3)18(14-17)20(23)22-13-12-16-8-6-7-9-19(16)22/h6-11,14H,4-5,12-13H2,1-3H3. The lowest BCUT2D eigenvalue weighted by molar-refractivity contribution is 0.0988. The third-order valence-corrected chi connectivity index (χ3v) is 6.96. The van der Waals surface area contributed by atoms with Crippen molar-refractivity contribution in [2.45, 2.75) is 32.1 Å². The van der Waals surface area contributed by atoms with Gasteiger partial charge in [-0.15, -0.1) is 0 Å². The highest BCUT2D eigenvalue weighted by molar-refractivity contribution is 7.89. The van der Waals surface area contributed by atoms with Crippen LogP contribution in [-0.2, 0) is 16.4 Å². The Morgan fingerprint density at radius 3 is 2.50 bits per heavy atom. The van der Waals surface area contributed by atoms with Crippen LogP contribution in [0.5, 0.6) is 0 Å². The number of benzene rings is 2. The average Bonchev–Trinajstić information content (AvgIpc) is 3.06. The smallest absolute Gasteiger partial charge is 0.258 e. The van der Waals surface area contributed by atoms with Crippen LogP contribution in [0.25, 0.3) is 0 Å². The van der Waals surface area contributed by atoms with Gasteiger partial charge in [-0.05, 0) is 42.7 Å². The fourth-order valence-corrected chi connectivity index (χ4v) is 4.88. The molecule has 0 spiro atoms. The van der Waals surface area contributed by atoms with Crippen LogP contribution in [-0.4, -0.2) is 38.3 Å². The summed E-state index contributed by atoms with van der Waals surface area (Å²) in [4.78, 5) is 15.0. The number of nitrogens with zero attached hydrogens (tertiary/aromatic N) is 2. The number of hydrogen-bond acceptors (Lipinski definition) is 3. The minimum atomic E-state index is -3.60. The van der Waals surface area contributed by atoms with Crippen LogP contribution < -0.4 is 4.90 Å². The van der Waals surface area contributed by atoms with Crippen molar-refractivity contribution in [2.24, 2.45) is 0 Å². The van der Waals surface area contributed by atoms with Crippen LogP contribution in [0.2, 0.25) is 0 Å². The van der Waals surface area contributed by atoms with Crippen molar-refractivity contribution >= 4 is 21.6 Å². The lowest BCUT2D eigenvalue weighted by Crippen LogP contribution is -2.32. The molecule has 1 heterocycles. The predicted molar refractivity (Wildman–Crippen MR) is 103 cm³/mol. The number of rotatable bonds is 5. The lowest BCUT2D eigenvalue weighted by atomic mass is 10.1. The van der Waals surface area contributed by atoms with Crippen molar-refractivity contribution in [3.05, 3.63) is 59.2 Å². The molecule has 0 aliphatic carbocycles. The average molecular weight is 372 g/mol. The first-order valence-electron chi connectivity index (χ1n) is 8.90. The van der Waals surface area contributed by atoms with Crippen LogP contribution >= 0.6 is 0 Å². The number of anilines is 1. The highest BCUT2D eigenvalue weighted by Gasteiger charge is 2.28. The Kier molecular flexibility index (Phi) is 5.16. The molecule has 3 rings (SSSR count). The molecular formula is C20H24N2O3S. The molecule has 0 bridgehead atoms. The van der Waals surface area contributed by atoms with Crippen molar-refractivity contribution in [2.75, 3.05) is 24.5 Å². The zero-order chi connectivity index (χ0) is 18.9. The number of aryl methyl sites for hydroxylation is 1. The van der Waals surface area contributed by atoms with E-state index in [0.29, 0.717) is 25.2 Å². The summed E-state index contributed by atoms with van der Waals surface area (Å²) in [6.07, 6.45) is 0.818. The van der Waals surface area contributed by atoms with E-state index < -0.39 is 10.0 Å². The number of sulfonamides is 1. The molecule has 1 amide bonds. The number of amides is 1. The Labute approximate surface area is 155 Å². The number of carbonyl (C=O) groups excluding carboxylic acids is 1. The van der Waals surface area contributed by atoms with Crippen LogP contribution in [0.3, 0.4) is 0 Å². The van der Waals surface area contributed by atoms with E-state index in [1.165, 1.54) is 10.4 Å². The van der Waals surface area contributed by atoms with Gasteiger partial charge in [0.15, 0.2) is 0 Å². The monoisotopic (exact) mass is 372 g/mol. The summed E-state index contributed by atoms with van der Waals surface area (Å²) in [6, 6.07) is 12.7. The second-order valence-corrected chi connectivity index (χ2v) is 8.34. The van der Waals surface area contributed by atoms with Crippen LogP contribution in [0.15, 0.2) is 47.4 Å². The molecule has 0 fully saturated rings. The molecular weight excluding hydrogens is 348 g/mol. The van der Waals surface area contributed by atoms with E-state index in [4.69, 9.17) is 0 Å². The molecule has 6 heteroatoms. The topological polar surface area (TPSA) is 57.7 Å². The van der Waals surface area contributed by atoms with E-state index in [0.717, 1.165) is 23.2 Å². The normalized spacial score (nSPS) is 13.9. The third kappa shape index (κ3) is 3.15. The second kappa shape index (κ2) is 7.21. The van der Waals surface area contributed by atoms with Gasteiger partial charge in [0, 0.05) is 30.9 Å². The molecule has 0 saturated heterocycles. The summed E-state index contributed by atoms with van der Waals surface area (Å²) in [5, 5.41) is 0. The van der Waals surface area contributed by atoms with E-state index in [1.807, 2.05) is 45.0 Å². The molecule has 26 heavy (non-hydrogen) atoms. The molecule has 1 aliphatic heterocycles. The van der Waals surface area contributed by atoms with Gasteiger partial charge < -0.3 is 4.90 Å². The maximum Gasteiger partial charge on any atom is 0.258 e. The molecule has 0 radical (unpaired) electrons. The highest BCUT2D eigenvalue weighted by atomic mass is 32.2. The lowest BCUT2D eigenvalue weighted by Gasteiger charge is -2.21. The van der Waals surface area contributed by atoms with E-state index in [-0.39, 0.29) is 10.8 Å². The first-order chi connectivity index (χ1) is 12.4. The molecule has 0 unspecified atom stereocenters. The molecule has 0 saturated carbocycles. The van der Waals surface area contributed by atoms with Gasteiger partial charge in [0.05, 0.1) is 4.90 Å². The van der Waals surface area contributed by atoms with Crippen LogP contribution in [0.4, 0.5) is 5.69 Å². The quantitative estimate of drug-likeness (QED) is 0.810. The maximum absolute atomic E-state index is 13.1. The fourth-order valence-electron chi connectivity index (χ4n) is 3.40. The molecule has 1 aliphatic rings. The van der Waals surface area contributed by atoms with Crippen LogP contribution in [0, 0.1) is 6.92 Å². The first kappa shape index (κ1) is 18.6. The van der Waals surface area contributed by atoms with Crippen molar-refractivity contribution in [1.82, 2.24) is 4.31 Å². The summed E-state index contributed by atoms with van der Waals surface area (Å²) in [7, 11) is -3.60. The first-order valence-corrected chi connectivity index (χ1v) is 10.3. The Morgan fingerprint density at radius 1 is 1.12 bits per heavy atom. The Bertz CT molecular complexity index is 934. The zero-order valence-electron chi connectivity index (χ0n) is 15.4. The van der Waals surface area contributed by atoms with E-state index in [1.54, 1.807) is 17.0 Å². The fraction of sp³-hybridized carbons (Fsp3) is 0.350. The zero-order valence-corrected chi connectivity index (χ0v) is 16.2. The Balaban J connectivity index is 2.00. The second-order valence-electron chi connectivity index (χ2n) is 6.40. The molecule has 138 valence electrons. The van der Waals surface area contributed by atoms with Crippen molar-refractivity contribution < 1.29 is 13.2 Å². The summed E-state index contributed by atoms with van der Waals surface area (Å²) < 4.78 is 27.0. The van der Waals surface area contributed by atoms with E-state index >= 15 is 0 Å². The van der Waals surface area contributed by atoms with Gasteiger partial charge in [-0.3, -0.25) is 4.79 Å². The number of para-hydroxylation sites is 1.